The Balaban J connectivity index is 3.73. The predicted molar refractivity (Wildman–Crippen MR) is 78.0 cm³/mol. The first-order valence-corrected chi connectivity index (χ1v) is 7.29. The summed E-state index contributed by atoms with van der Waals surface area (Å²) in [5.41, 5.74) is 0.344. The number of hydrogen-bond acceptors (Lipinski definition) is 3. The SMILES string of the molecule is CCCNCC(CCOCCCOC)C(C)(C)C. The van der Waals surface area contributed by atoms with Crippen molar-refractivity contribution in [3.8, 4) is 0 Å². The quantitative estimate of drug-likeness (QED) is 0.578. The van der Waals surface area contributed by atoms with Crippen molar-refractivity contribution in [3.05, 3.63) is 0 Å². The molecule has 0 rings (SSSR count). The van der Waals surface area contributed by atoms with E-state index in [1.807, 2.05) is 0 Å². The van der Waals surface area contributed by atoms with Crippen molar-refractivity contribution in [2.45, 2.75) is 47.0 Å². The van der Waals surface area contributed by atoms with Gasteiger partial charge >= 0.3 is 0 Å². The van der Waals surface area contributed by atoms with Gasteiger partial charge in [0.05, 0.1) is 0 Å². The minimum atomic E-state index is 0.344. The summed E-state index contributed by atoms with van der Waals surface area (Å²) in [4.78, 5) is 0. The second kappa shape index (κ2) is 10.8. The van der Waals surface area contributed by atoms with Gasteiger partial charge in [0, 0.05) is 26.9 Å². The first-order valence-electron chi connectivity index (χ1n) is 7.29. The fourth-order valence-electron chi connectivity index (χ4n) is 1.93. The molecule has 18 heavy (non-hydrogen) atoms. The second-order valence-electron chi connectivity index (χ2n) is 6.01. The topological polar surface area (TPSA) is 30.5 Å². The Hall–Kier alpha value is -0.120. The number of nitrogens with one attached hydrogen (secondary N) is 1. The molecule has 0 radical (unpaired) electrons. The smallest absolute Gasteiger partial charge is 0.0487 e. The number of hydrogen-bond donors (Lipinski definition) is 1. The van der Waals surface area contributed by atoms with E-state index in [-0.39, 0.29) is 0 Å². The summed E-state index contributed by atoms with van der Waals surface area (Å²) in [6, 6.07) is 0. The van der Waals surface area contributed by atoms with Gasteiger partial charge in [0.15, 0.2) is 0 Å². The first-order chi connectivity index (χ1) is 8.52. The third kappa shape index (κ3) is 9.86. The molecule has 0 saturated carbocycles. The molecule has 0 aromatic rings. The van der Waals surface area contributed by atoms with Gasteiger partial charge in [-0.2, -0.15) is 0 Å². The standard InChI is InChI=1S/C15H33NO2/c1-6-9-16-13-14(15(2,3)4)8-12-18-11-7-10-17-5/h14,16H,6-13H2,1-5H3. The van der Waals surface area contributed by atoms with Crippen molar-refractivity contribution in [2.24, 2.45) is 11.3 Å². The van der Waals surface area contributed by atoms with Crippen LogP contribution in [0.1, 0.15) is 47.0 Å². The van der Waals surface area contributed by atoms with Gasteiger partial charge in [-0.25, -0.2) is 0 Å². The molecule has 0 aliphatic heterocycles. The molecular weight excluding hydrogens is 226 g/mol. The minimum Gasteiger partial charge on any atom is -0.385 e. The molecule has 0 aromatic carbocycles. The van der Waals surface area contributed by atoms with Crippen LogP contribution < -0.4 is 5.32 Å². The highest BCUT2D eigenvalue weighted by molar-refractivity contribution is 4.75. The fourth-order valence-corrected chi connectivity index (χ4v) is 1.93. The van der Waals surface area contributed by atoms with Gasteiger partial charge in [0.25, 0.3) is 0 Å². The summed E-state index contributed by atoms with van der Waals surface area (Å²) in [6.45, 7) is 13.8. The second-order valence-corrected chi connectivity index (χ2v) is 6.01. The van der Waals surface area contributed by atoms with Crippen LogP contribution in [0.3, 0.4) is 0 Å². The highest BCUT2D eigenvalue weighted by atomic mass is 16.5. The van der Waals surface area contributed by atoms with E-state index in [4.69, 9.17) is 9.47 Å². The van der Waals surface area contributed by atoms with Crippen LogP contribution in [0.5, 0.6) is 0 Å². The maximum Gasteiger partial charge on any atom is 0.0487 e. The van der Waals surface area contributed by atoms with Crippen LogP contribution in [-0.4, -0.2) is 40.0 Å². The Labute approximate surface area is 114 Å². The maximum absolute atomic E-state index is 5.66. The summed E-state index contributed by atoms with van der Waals surface area (Å²) in [5.74, 6) is 0.673. The molecule has 0 aliphatic carbocycles. The number of rotatable bonds is 11. The molecule has 110 valence electrons. The summed E-state index contributed by atoms with van der Waals surface area (Å²) >= 11 is 0. The Morgan fingerprint density at radius 2 is 1.83 bits per heavy atom. The van der Waals surface area contributed by atoms with E-state index in [1.54, 1.807) is 7.11 Å². The summed E-state index contributed by atoms with van der Waals surface area (Å²) < 4.78 is 10.7. The van der Waals surface area contributed by atoms with Crippen LogP contribution in [0, 0.1) is 11.3 Å². The Morgan fingerprint density at radius 1 is 1.11 bits per heavy atom. The molecule has 1 N–H and O–H groups in total. The molecule has 3 heteroatoms. The van der Waals surface area contributed by atoms with Crippen molar-refractivity contribution in [2.75, 3.05) is 40.0 Å². The van der Waals surface area contributed by atoms with Crippen LogP contribution in [0.15, 0.2) is 0 Å². The van der Waals surface area contributed by atoms with Gasteiger partial charge in [-0.1, -0.05) is 27.7 Å². The van der Waals surface area contributed by atoms with E-state index >= 15 is 0 Å². The lowest BCUT2D eigenvalue weighted by Gasteiger charge is -2.31. The molecule has 0 aromatic heterocycles. The zero-order valence-corrected chi connectivity index (χ0v) is 13.1. The van der Waals surface area contributed by atoms with Crippen LogP contribution in [-0.2, 0) is 9.47 Å². The predicted octanol–water partition coefficient (Wildman–Crippen LogP) is 3.09. The van der Waals surface area contributed by atoms with Crippen molar-refractivity contribution in [1.29, 1.82) is 0 Å². The van der Waals surface area contributed by atoms with E-state index in [9.17, 15) is 0 Å². The molecule has 1 atom stereocenters. The molecule has 0 spiro atoms. The van der Waals surface area contributed by atoms with Crippen molar-refractivity contribution in [1.82, 2.24) is 5.32 Å². The summed E-state index contributed by atoms with van der Waals surface area (Å²) in [7, 11) is 1.73. The van der Waals surface area contributed by atoms with Crippen LogP contribution in [0.25, 0.3) is 0 Å². The maximum atomic E-state index is 5.66. The largest absolute Gasteiger partial charge is 0.385 e. The molecule has 0 aliphatic rings. The molecule has 0 bridgehead atoms. The third-order valence-electron chi connectivity index (χ3n) is 3.29. The molecule has 0 amide bonds. The summed E-state index contributed by atoms with van der Waals surface area (Å²) in [5, 5.41) is 3.53. The van der Waals surface area contributed by atoms with E-state index in [1.165, 1.54) is 6.42 Å². The molecule has 0 fully saturated rings. The van der Waals surface area contributed by atoms with E-state index in [0.29, 0.717) is 11.3 Å². The summed E-state index contributed by atoms with van der Waals surface area (Å²) in [6.07, 6.45) is 3.32. The van der Waals surface area contributed by atoms with Gasteiger partial charge in [-0.05, 0) is 43.7 Å². The van der Waals surface area contributed by atoms with Gasteiger partial charge in [0.1, 0.15) is 0 Å². The van der Waals surface area contributed by atoms with Gasteiger partial charge in [-0.15, -0.1) is 0 Å². The third-order valence-corrected chi connectivity index (χ3v) is 3.29. The lowest BCUT2D eigenvalue weighted by molar-refractivity contribution is 0.0790. The van der Waals surface area contributed by atoms with Crippen LogP contribution in [0.2, 0.25) is 0 Å². The molecule has 3 nitrogen and oxygen atoms in total. The normalized spacial score (nSPS) is 13.8. The Bertz CT molecular complexity index is 178. The zero-order chi connectivity index (χ0) is 13.9. The van der Waals surface area contributed by atoms with Gasteiger partial charge < -0.3 is 14.8 Å². The molecular formula is C15H33NO2. The first kappa shape index (κ1) is 17.9. The van der Waals surface area contributed by atoms with Crippen LogP contribution >= 0.6 is 0 Å². The zero-order valence-electron chi connectivity index (χ0n) is 13.1. The monoisotopic (exact) mass is 259 g/mol. The average Bonchev–Trinajstić information content (AvgIpc) is 2.30. The van der Waals surface area contributed by atoms with Crippen LogP contribution in [0.4, 0.5) is 0 Å². The molecule has 0 heterocycles. The Morgan fingerprint density at radius 3 is 2.39 bits per heavy atom. The lowest BCUT2D eigenvalue weighted by Crippen LogP contribution is -2.33. The van der Waals surface area contributed by atoms with E-state index in [2.05, 4.69) is 33.0 Å². The molecule has 1 unspecified atom stereocenters. The highest BCUT2D eigenvalue weighted by Gasteiger charge is 2.23. The van der Waals surface area contributed by atoms with Crippen molar-refractivity contribution < 1.29 is 9.47 Å². The Kier molecular flexibility index (Phi) is 10.7. The number of ether oxygens (including phenoxy) is 2. The van der Waals surface area contributed by atoms with Crippen molar-refractivity contribution in [3.63, 3.8) is 0 Å². The lowest BCUT2D eigenvalue weighted by atomic mass is 9.79. The van der Waals surface area contributed by atoms with E-state index < -0.39 is 0 Å². The highest BCUT2D eigenvalue weighted by Crippen LogP contribution is 2.28. The van der Waals surface area contributed by atoms with Gasteiger partial charge in [0.2, 0.25) is 0 Å². The van der Waals surface area contributed by atoms with E-state index in [0.717, 1.165) is 45.8 Å². The van der Waals surface area contributed by atoms with Gasteiger partial charge in [-0.3, -0.25) is 0 Å². The average molecular weight is 259 g/mol. The van der Waals surface area contributed by atoms with Crippen molar-refractivity contribution >= 4 is 0 Å². The fraction of sp³-hybridized carbons (Fsp3) is 1.00. The minimum absolute atomic E-state index is 0.344. The molecule has 0 saturated heterocycles. The number of methoxy groups -OCH3 is 1.